The van der Waals surface area contributed by atoms with Gasteiger partial charge in [-0.25, -0.2) is 0 Å². The van der Waals surface area contributed by atoms with Crippen LogP contribution in [-0.2, 0) is 14.3 Å². The van der Waals surface area contributed by atoms with Gasteiger partial charge >= 0.3 is 0 Å². The van der Waals surface area contributed by atoms with Crippen molar-refractivity contribution < 1.29 is 39.8 Å². The fraction of sp³-hybridized carbons (Fsp3) is 0.976. The zero-order chi connectivity index (χ0) is 37.4. The van der Waals surface area contributed by atoms with Gasteiger partial charge < -0.3 is 40.3 Å². The highest BCUT2D eigenvalue weighted by atomic mass is 16.7. The van der Waals surface area contributed by atoms with Gasteiger partial charge in [0.15, 0.2) is 6.29 Å². The lowest BCUT2D eigenvalue weighted by Crippen LogP contribution is -2.60. The van der Waals surface area contributed by atoms with E-state index in [9.17, 15) is 30.3 Å². The van der Waals surface area contributed by atoms with Gasteiger partial charge in [-0.05, 0) is 12.8 Å². The predicted molar refractivity (Wildman–Crippen MR) is 208 cm³/mol. The van der Waals surface area contributed by atoms with Crippen LogP contribution in [0.15, 0.2) is 0 Å². The van der Waals surface area contributed by atoms with Gasteiger partial charge in [-0.3, -0.25) is 4.79 Å². The number of ether oxygens (including phenoxy) is 2. The molecule has 2 unspecified atom stereocenters. The molecule has 0 spiro atoms. The maximum Gasteiger partial charge on any atom is 0.220 e. The van der Waals surface area contributed by atoms with E-state index < -0.39 is 49.5 Å². The fourth-order valence-corrected chi connectivity index (χ4v) is 7.16. The van der Waals surface area contributed by atoms with Crippen LogP contribution >= 0.6 is 0 Å². The molecule has 1 aliphatic heterocycles. The summed E-state index contributed by atoms with van der Waals surface area (Å²) in [7, 11) is 0. The molecule has 6 N–H and O–H groups in total. The first-order valence-electron chi connectivity index (χ1n) is 21.7. The van der Waals surface area contributed by atoms with Gasteiger partial charge in [-0.1, -0.05) is 187 Å². The van der Waals surface area contributed by atoms with E-state index in [4.69, 9.17) is 9.47 Å². The standard InChI is InChI=1S/C42H83NO8/c1-3-5-7-9-11-13-15-16-17-18-19-20-22-24-26-28-30-32-38(46)43-35(34-50-42-41(49)40(48)39(47)37(33-44)51-42)36(45)31-29-27-25-23-21-14-12-10-8-6-4-2/h35-37,39-42,44-45,47-49H,3-34H2,1-2H3,(H,43,46)/t35-,36+,37+,39-,40?,41?,42+/m0/s1. The summed E-state index contributed by atoms with van der Waals surface area (Å²) in [6, 6.07) is -0.709. The largest absolute Gasteiger partial charge is 0.394 e. The maximum atomic E-state index is 12.9. The third-order valence-electron chi connectivity index (χ3n) is 10.7. The second kappa shape index (κ2) is 33.7. The van der Waals surface area contributed by atoms with E-state index in [0.29, 0.717) is 12.8 Å². The molecule has 0 aromatic carbocycles. The van der Waals surface area contributed by atoms with E-state index >= 15 is 0 Å². The number of hydrogen-bond donors (Lipinski definition) is 6. The fourth-order valence-electron chi connectivity index (χ4n) is 7.16. The number of nitrogens with one attached hydrogen (secondary N) is 1. The van der Waals surface area contributed by atoms with Crippen molar-refractivity contribution in [3.05, 3.63) is 0 Å². The van der Waals surface area contributed by atoms with Crippen molar-refractivity contribution in [1.82, 2.24) is 5.32 Å². The van der Waals surface area contributed by atoms with Crippen LogP contribution in [0.3, 0.4) is 0 Å². The van der Waals surface area contributed by atoms with Gasteiger partial charge in [0.1, 0.15) is 24.4 Å². The van der Waals surface area contributed by atoms with Crippen molar-refractivity contribution in [3.8, 4) is 0 Å². The lowest BCUT2D eigenvalue weighted by molar-refractivity contribution is -0.302. The minimum atomic E-state index is -1.55. The monoisotopic (exact) mass is 730 g/mol. The van der Waals surface area contributed by atoms with E-state index in [1.165, 1.54) is 141 Å². The normalized spacial score (nSPS) is 21.9. The molecule has 304 valence electrons. The van der Waals surface area contributed by atoms with Gasteiger partial charge in [0, 0.05) is 6.42 Å². The maximum absolute atomic E-state index is 12.9. The minimum absolute atomic E-state index is 0.132. The first kappa shape index (κ1) is 48.2. The quantitative estimate of drug-likeness (QED) is 0.0353. The Labute approximate surface area is 313 Å². The molecule has 0 radical (unpaired) electrons. The number of aliphatic hydroxyl groups is 5. The van der Waals surface area contributed by atoms with Crippen molar-refractivity contribution in [3.63, 3.8) is 0 Å². The number of amides is 1. The van der Waals surface area contributed by atoms with E-state index in [1.54, 1.807) is 0 Å². The molecule has 7 atom stereocenters. The summed E-state index contributed by atoms with van der Waals surface area (Å²) in [5.74, 6) is -0.142. The van der Waals surface area contributed by atoms with Crippen LogP contribution < -0.4 is 5.32 Å². The summed E-state index contributed by atoms with van der Waals surface area (Å²) in [4.78, 5) is 12.9. The molecule has 1 heterocycles. The molecular formula is C42H83NO8. The minimum Gasteiger partial charge on any atom is -0.394 e. The first-order valence-corrected chi connectivity index (χ1v) is 21.7. The summed E-state index contributed by atoms with van der Waals surface area (Å²) in [6.45, 7) is 3.83. The number of aliphatic hydroxyl groups excluding tert-OH is 5. The van der Waals surface area contributed by atoms with Crippen molar-refractivity contribution in [2.75, 3.05) is 13.2 Å². The number of hydrogen-bond acceptors (Lipinski definition) is 8. The molecule has 1 fully saturated rings. The average molecular weight is 730 g/mol. The highest BCUT2D eigenvalue weighted by Crippen LogP contribution is 2.23. The van der Waals surface area contributed by atoms with Gasteiger partial charge in [0.25, 0.3) is 0 Å². The van der Waals surface area contributed by atoms with E-state index in [1.807, 2.05) is 0 Å². The van der Waals surface area contributed by atoms with Crippen molar-refractivity contribution in [1.29, 1.82) is 0 Å². The number of carbonyl (C=O) groups is 1. The van der Waals surface area contributed by atoms with Crippen molar-refractivity contribution >= 4 is 5.91 Å². The van der Waals surface area contributed by atoms with Gasteiger partial charge in [-0.15, -0.1) is 0 Å². The average Bonchev–Trinajstić information content (AvgIpc) is 3.13. The molecule has 1 saturated heterocycles. The molecular weight excluding hydrogens is 646 g/mol. The SMILES string of the molecule is CCCCCCCCCCCCCCCCCCCC(=O)N[C@@H](CO[C@@H]1O[C@H](CO)[C@H](O)C(O)C1O)[C@H](O)CCCCCCCCCCCCC. The van der Waals surface area contributed by atoms with Crippen LogP contribution in [0.1, 0.15) is 206 Å². The molecule has 1 rings (SSSR count). The van der Waals surface area contributed by atoms with Gasteiger partial charge in [-0.2, -0.15) is 0 Å². The Balaban J connectivity index is 2.32. The number of rotatable bonds is 36. The Morgan fingerprint density at radius 1 is 0.588 bits per heavy atom. The van der Waals surface area contributed by atoms with Crippen LogP contribution in [0.4, 0.5) is 0 Å². The molecule has 0 aromatic rings. The Hall–Kier alpha value is -0.810. The second-order valence-electron chi connectivity index (χ2n) is 15.5. The van der Waals surface area contributed by atoms with Crippen LogP contribution in [0.5, 0.6) is 0 Å². The molecule has 1 amide bonds. The van der Waals surface area contributed by atoms with Crippen LogP contribution in [0.2, 0.25) is 0 Å². The Kier molecular flexibility index (Phi) is 31.9. The Morgan fingerprint density at radius 2 is 0.980 bits per heavy atom. The smallest absolute Gasteiger partial charge is 0.220 e. The summed E-state index contributed by atoms with van der Waals surface area (Å²) in [5.41, 5.74) is 0. The van der Waals surface area contributed by atoms with Crippen LogP contribution in [-0.4, -0.2) is 87.5 Å². The first-order chi connectivity index (χ1) is 24.8. The Bertz CT molecular complexity index is 771. The van der Waals surface area contributed by atoms with Crippen molar-refractivity contribution in [2.24, 2.45) is 0 Å². The summed E-state index contributed by atoms with van der Waals surface area (Å²) in [5, 5.41) is 54.2. The summed E-state index contributed by atoms with van der Waals surface area (Å²) < 4.78 is 11.2. The molecule has 9 nitrogen and oxygen atoms in total. The molecule has 9 heteroatoms. The van der Waals surface area contributed by atoms with Crippen molar-refractivity contribution in [2.45, 2.75) is 249 Å². The third kappa shape index (κ3) is 25.0. The highest BCUT2D eigenvalue weighted by molar-refractivity contribution is 5.76. The van der Waals surface area contributed by atoms with Gasteiger partial charge in [0.2, 0.25) is 5.91 Å². The predicted octanol–water partition coefficient (Wildman–Crippen LogP) is 8.39. The van der Waals surface area contributed by atoms with Gasteiger partial charge in [0.05, 0.1) is 25.4 Å². The van der Waals surface area contributed by atoms with E-state index in [2.05, 4.69) is 19.2 Å². The highest BCUT2D eigenvalue weighted by Gasteiger charge is 2.44. The van der Waals surface area contributed by atoms with E-state index in [-0.39, 0.29) is 12.5 Å². The van der Waals surface area contributed by atoms with Crippen LogP contribution in [0, 0.1) is 0 Å². The second-order valence-corrected chi connectivity index (χ2v) is 15.5. The number of carbonyl (C=O) groups excluding carboxylic acids is 1. The topological polar surface area (TPSA) is 149 Å². The molecule has 0 aromatic heterocycles. The molecule has 1 aliphatic rings. The summed E-state index contributed by atoms with van der Waals surface area (Å²) in [6.07, 6.45) is 28.2. The summed E-state index contributed by atoms with van der Waals surface area (Å²) >= 11 is 0. The lowest BCUT2D eigenvalue weighted by Gasteiger charge is -2.40. The number of unbranched alkanes of at least 4 members (excludes halogenated alkanes) is 26. The molecule has 0 aliphatic carbocycles. The van der Waals surface area contributed by atoms with Crippen LogP contribution in [0.25, 0.3) is 0 Å². The zero-order valence-electron chi connectivity index (χ0n) is 33.1. The van der Waals surface area contributed by atoms with E-state index in [0.717, 1.165) is 38.5 Å². The Morgan fingerprint density at radius 3 is 1.39 bits per heavy atom. The molecule has 0 bridgehead atoms. The third-order valence-corrected chi connectivity index (χ3v) is 10.7. The zero-order valence-corrected chi connectivity index (χ0v) is 33.1. The lowest BCUT2D eigenvalue weighted by atomic mass is 9.99. The molecule has 51 heavy (non-hydrogen) atoms. The molecule has 0 saturated carbocycles.